The van der Waals surface area contributed by atoms with E-state index in [-0.39, 0.29) is 5.91 Å². The third-order valence-electron chi connectivity index (χ3n) is 2.85. The number of nitrogens with zero attached hydrogens (tertiary/aromatic N) is 1. The van der Waals surface area contributed by atoms with Gasteiger partial charge in [-0.15, -0.1) is 0 Å². The van der Waals surface area contributed by atoms with Gasteiger partial charge < -0.3 is 10.1 Å². The second kappa shape index (κ2) is 7.78. The zero-order valence-corrected chi connectivity index (χ0v) is 13.4. The Bertz CT molecular complexity index is 599. The number of benzene rings is 1. The number of aromatic nitrogens is 1. The molecular weight excluding hydrogens is 332 g/mol. The molecule has 0 aliphatic rings. The van der Waals surface area contributed by atoms with Crippen molar-refractivity contribution < 1.29 is 9.53 Å². The van der Waals surface area contributed by atoms with Crippen molar-refractivity contribution in [1.82, 2.24) is 4.98 Å². The van der Waals surface area contributed by atoms with Gasteiger partial charge in [0.05, 0.1) is 12.2 Å². The minimum absolute atomic E-state index is 0.191. The molecule has 1 N–H and O–H groups in total. The van der Waals surface area contributed by atoms with Crippen molar-refractivity contribution in [2.45, 2.75) is 19.8 Å². The summed E-state index contributed by atoms with van der Waals surface area (Å²) in [5.41, 5.74) is 1.23. The van der Waals surface area contributed by atoms with Gasteiger partial charge >= 0.3 is 0 Å². The molecule has 4 nitrogen and oxygen atoms in total. The zero-order chi connectivity index (χ0) is 15.1. The van der Waals surface area contributed by atoms with Crippen LogP contribution in [-0.2, 0) is 0 Å². The first-order valence-electron chi connectivity index (χ1n) is 6.84. The van der Waals surface area contributed by atoms with Gasteiger partial charge in [-0.05, 0) is 52.7 Å². The molecular formula is C16H17BrN2O2. The van der Waals surface area contributed by atoms with Gasteiger partial charge in [0, 0.05) is 22.6 Å². The third kappa shape index (κ3) is 4.86. The Kier molecular flexibility index (Phi) is 5.75. The number of halogens is 1. The van der Waals surface area contributed by atoms with E-state index in [1.54, 1.807) is 12.3 Å². The molecule has 5 heteroatoms. The lowest BCUT2D eigenvalue weighted by Crippen LogP contribution is -2.12. The average Bonchev–Trinajstić information content (AvgIpc) is 2.49. The summed E-state index contributed by atoms with van der Waals surface area (Å²) < 4.78 is 6.35. The van der Waals surface area contributed by atoms with Crippen LogP contribution >= 0.6 is 15.9 Å². The number of carbonyl (C=O) groups excluding carboxylic acids is 1. The highest BCUT2D eigenvalue weighted by molar-refractivity contribution is 9.10. The van der Waals surface area contributed by atoms with Gasteiger partial charge in [0.1, 0.15) is 5.75 Å². The molecule has 0 saturated heterocycles. The molecule has 0 atom stereocenters. The van der Waals surface area contributed by atoms with E-state index in [4.69, 9.17) is 4.74 Å². The fourth-order valence-electron chi connectivity index (χ4n) is 1.71. The Labute approximate surface area is 132 Å². The first-order valence-corrected chi connectivity index (χ1v) is 7.63. The van der Waals surface area contributed by atoms with E-state index in [1.165, 1.54) is 6.20 Å². The van der Waals surface area contributed by atoms with Crippen LogP contribution in [0.2, 0.25) is 0 Å². The first-order chi connectivity index (χ1) is 10.2. The van der Waals surface area contributed by atoms with Crippen LogP contribution in [0, 0.1) is 0 Å². The van der Waals surface area contributed by atoms with Crippen LogP contribution in [0.15, 0.2) is 47.2 Å². The van der Waals surface area contributed by atoms with Crippen molar-refractivity contribution in [2.75, 3.05) is 11.9 Å². The maximum atomic E-state index is 12.1. The predicted molar refractivity (Wildman–Crippen MR) is 86.7 cm³/mol. The molecule has 110 valence electrons. The van der Waals surface area contributed by atoms with Crippen LogP contribution in [0.1, 0.15) is 30.1 Å². The molecule has 1 heterocycles. The third-order valence-corrected chi connectivity index (χ3v) is 3.28. The average molecular weight is 349 g/mol. The number of amides is 1. The molecule has 0 fully saturated rings. The lowest BCUT2D eigenvalue weighted by atomic mass is 10.2. The van der Waals surface area contributed by atoms with Crippen LogP contribution in [0.4, 0.5) is 5.69 Å². The van der Waals surface area contributed by atoms with Crippen LogP contribution in [-0.4, -0.2) is 17.5 Å². The molecule has 0 spiro atoms. The quantitative estimate of drug-likeness (QED) is 0.792. The van der Waals surface area contributed by atoms with Crippen molar-refractivity contribution in [2.24, 2.45) is 0 Å². The van der Waals surface area contributed by atoms with Gasteiger partial charge in [-0.2, -0.15) is 0 Å². The number of carbonyl (C=O) groups is 1. The van der Waals surface area contributed by atoms with E-state index >= 15 is 0 Å². The molecule has 1 amide bonds. The summed E-state index contributed by atoms with van der Waals surface area (Å²) in [6.07, 6.45) is 5.31. The number of pyridine rings is 1. The van der Waals surface area contributed by atoms with Gasteiger partial charge in [-0.3, -0.25) is 9.78 Å². The minimum Gasteiger partial charge on any atom is -0.494 e. The first kappa shape index (κ1) is 15.5. The molecule has 2 rings (SSSR count). The second-order valence-corrected chi connectivity index (χ2v) is 5.49. The number of rotatable bonds is 6. The molecule has 0 saturated carbocycles. The van der Waals surface area contributed by atoms with Crippen molar-refractivity contribution in [3.05, 3.63) is 52.8 Å². The van der Waals surface area contributed by atoms with E-state index in [9.17, 15) is 4.79 Å². The smallest absolute Gasteiger partial charge is 0.257 e. The Hall–Kier alpha value is -1.88. The molecule has 1 aromatic heterocycles. The lowest BCUT2D eigenvalue weighted by molar-refractivity contribution is 0.102. The van der Waals surface area contributed by atoms with Crippen LogP contribution in [0.3, 0.4) is 0 Å². The Balaban J connectivity index is 1.95. The van der Waals surface area contributed by atoms with E-state index in [0.29, 0.717) is 12.2 Å². The van der Waals surface area contributed by atoms with Gasteiger partial charge in [-0.25, -0.2) is 0 Å². The number of unbranched alkanes of at least 4 members (excludes halogenated alkanes) is 1. The monoisotopic (exact) mass is 348 g/mol. The maximum absolute atomic E-state index is 12.1. The normalized spacial score (nSPS) is 10.2. The van der Waals surface area contributed by atoms with Crippen molar-refractivity contribution in [3.8, 4) is 5.75 Å². The van der Waals surface area contributed by atoms with Crippen LogP contribution in [0.5, 0.6) is 5.75 Å². The standard InChI is InChI=1S/C16H17BrN2O2/c1-2-3-8-21-15-6-4-14(5-7-15)19-16(20)12-9-13(17)11-18-10-12/h4-7,9-11H,2-3,8H2,1H3,(H,19,20). The SMILES string of the molecule is CCCCOc1ccc(NC(=O)c2cncc(Br)c2)cc1. The molecule has 0 aliphatic carbocycles. The number of ether oxygens (including phenoxy) is 1. The van der Waals surface area contributed by atoms with Crippen molar-refractivity contribution in [1.29, 1.82) is 0 Å². The Morgan fingerprint density at radius 3 is 2.71 bits per heavy atom. The highest BCUT2D eigenvalue weighted by Crippen LogP contribution is 2.17. The molecule has 0 unspecified atom stereocenters. The van der Waals surface area contributed by atoms with Gasteiger partial charge in [-0.1, -0.05) is 13.3 Å². The molecule has 0 aliphatic heterocycles. The molecule has 0 radical (unpaired) electrons. The van der Waals surface area contributed by atoms with Crippen LogP contribution < -0.4 is 10.1 Å². The number of anilines is 1. The number of hydrogen-bond acceptors (Lipinski definition) is 3. The fraction of sp³-hybridized carbons (Fsp3) is 0.250. The fourth-order valence-corrected chi connectivity index (χ4v) is 2.07. The zero-order valence-electron chi connectivity index (χ0n) is 11.8. The summed E-state index contributed by atoms with van der Waals surface area (Å²) in [4.78, 5) is 16.0. The van der Waals surface area contributed by atoms with Crippen molar-refractivity contribution >= 4 is 27.5 Å². The van der Waals surface area contributed by atoms with Gasteiger partial charge in [0.15, 0.2) is 0 Å². The summed E-state index contributed by atoms with van der Waals surface area (Å²) in [6.45, 7) is 2.84. The maximum Gasteiger partial charge on any atom is 0.257 e. The summed E-state index contributed by atoms with van der Waals surface area (Å²) in [7, 11) is 0. The lowest BCUT2D eigenvalue weighted by Gasteiger charge is -2.08. The highest BCUT2D eigenvalue weighted by Gasteiger charge is 2.07. The van der Waals surface area contributed by atoms with E-state index in [0.717, 1.165) is 28.8 Å². The molecule has 2 aromatic rings. The van der Waals surface area contributed by atoms with E-state index in [1.807, 2.05) is 24.3 Å². The number of nitrogens with one attached hydrogen (secondary N) is 1. The number of hydrogen-bond donors (Lipinski definition) is 1. The summed E-state index contributed by atoms with van der Waals surface area (Å²) in [6, 6.07) is 9.08. The topological polar surface area (TPSA) is 51.2 Å². The molecule has 1 aromatic carbocycles. The van der Waals surface area contributed by atoms with E-state index in [2.05, 4.69) is 33.2 Å². The van der Waals surface area contributed by atoms with E-state index < -0.39 is 0 Å². The predicted octanol–water partition coefficient (Wildman–Crippen LogP) is 4.28. The highest BCUT2D eigenvalue weighted by atomic mass is 79.9. The summed E-state index contributed by atoms with van der Waals surface area (Å²) in [5.74, 6) is 0.619. The summed E-state index contributed by atoms with van der Waals surface area (Å²) in [5, 5.41) is 2.82. The van der Waals surface area contributed by atoms with Crippen molar-refractivity contribution in [3.63, 3.8) is 0 Å². The molecule has 0 bridgehead atoms. The largest absolute Gasteiger partial charge is 0.494 e. The summed E-state index contributed by atoms with van der Waals surface area (Å²) >= 11 is 3.30. The van der Waals surface area contributed by atoms with Gasteiger partial charge in [0.2, 0.25) is 0 Å². The Morgan fingerprint density at radius 1 is 1.29 bits per heavy atom. The van der Waals surface area contributed by atoms with Gasteiger partial charge in [0.25, 0.3) is 5.91 Å². The Morgan fingerprint density at radius 2 is 2.05 bits per heavy atom. The second-order valence-electron chi connectivity index (χ2n) is 4.57. The minimum atomic E-state index is -0.191. The molecule has 21 heavy (non-hydrogen) atoms. The van der Waals surface area contributed by atoms with Crippen LogP contribution in [0.25, 0.3) is 0 Å².